The normalized spacial score (nSPS) is 16.7. The summed E-state index contributed by atoms with van der Waals surface area (Å²) in [6, 6.07) is 21.9. The number of carbonyl (C=O) groups is 1. The van der Waals surface area contributed by atoms with Crippen LogP contribution in [0, 0.1) is 10.2 Å². The van der Waals surface area contributed by atoms with E-state index in [1.165, 1.54) is 0 Å². The van der Waals surface area contributed by atoms with E-state index in [0.29, 0.717) is 26.9 Å². The molecule has 29 heavy (non-hydrogen) atoms. The fourth-order valence-corrected chi connectivity index (χ4v) is 8.19. The zero-order chi connectivity index (χ0) is 20.6. The van der Waals surface area contributed by atoms with Gasteiger partial charge in [0.1, 0.15) is 15.2 Å². The van der Waals surface area contributed by atoms with Crippen LogP contribution in [0.4, 0.5) is 0 Å². The van der Waals surface area contributed by atoms with Gasteiger partial charge in [-0.3, -0.25) is 4.79 Å². The highest BCUT2D eigenvalue weighted by Crippen LogP contribution is 2.74. The van der Waals surface area contributed by atoms with E-state index in [1.54, 1.807) is 85.8 Å². The Kier molecular flexibility index (Phi) is 5.12. The molecule has 1 aliphatic heterocycles. The molecule has 0 spiro atoms. The number of fused-ring (bicyclic) bond motifs is 2. The molecule has 150 valence electrons. The summed E-state index contributed by atoms with van der Waals surface area (Å²) in [7, 11) is -7.92. The molecule has 0 radical (unpaired) electrons. The highest BCUT2D eigenvalue weighted by Gasteiger charge is 2.56. The highest BCUT2D eigenvalue weighted by atomic mass is 35.7. The molecule has 0 fully saturated rings. The number of benzene rings is 3. The Hall–Kier alpha value is -2.39. The first-order valence-corrected chi connectivity index (χ1v) is 11.6. The summed E-state index contributed by atoms with van der Waals surface area (Å²) in [5.41, 5.74) is 0.400. The molecule has 0 bridgehead atoms. The van der Waals surface area contributed by atoms with Crippen molar-refractivity contribution < 1.29 is 37.5 Å². The number of hydrogen-bond acceptors (Lipinski definition) is 6. The van der Waals surface area contributed by atoms with Crippen LogP contribution in [0.3, 0.4) is 0 Å². The summed E-state index contributed by atoms with van der Waals surface area (Å²) in [5.74, 6) is 0.381. The van der Waals surface area contributed by atoms with Crippen LogP contribution in [-0.4, -0.2) is 11.0 Å². The van der Waals surface area contributed by atoms with E-state index in [-0.39, 0.29) is 5.78 Å². The van der Waals surface area contributed by atoms with Crippen LogP contribution in [0.1, 0.15) is 17.3 Å². The maximum atomic E-state index is 13.4. The fraction of sp³-hybridized carbons (Fsp3) is 0.0952. The van der Waals surface area contributed by atoms with E-state index in [9.17, 15) is 18.8 Å². The van der Waals surface area contributed by atoms with E-state index in [0.717, 1.165) is 0 Å². The van der Waals surface area contributed by atoms with Crippen molar-refractivity contribution in [3.63, 3.8) is 0 Å². The number of carbonyl (C=O) groups excluding carboxylic acids is 1. The number of hydrogen-bond donors (Lipinski definition) is 0. The summed E-state index contributed by atoms with van der Waals surface area (Å²) >= 11 is 0. The third-order valence-electron chi connectivity index (χ3n) is 4.67. The number of para-hydroxylation sites is 2. The number of ether oxygens (including phenoxy) is 1. The predicted octanol–water partition coefficient (Wildman–Crippen LogP) is 2.12. The summed E-state index contributed by atoms with van der Waals surface area (Å²) in [4.78, 5) is 14.1. The molecule has 0 N–H and O–H groups in total. The van der Waals surface area contributed by atoms with Crippen molar-refractivity contribution in [2.75, 3.05) is 0 Å². The zero-order valence-electron chi connectivity index (χ0n) is 15.3. The zero-order valence-corrected chi connectivity index (χ0v) is 16.9. The summed E-state index contributed by atoms with van der Waals surface area (Å²) in [5, 5.41) is -0.965. The van der Waals surface area contributed by atoms with Crippen LogP contribution in [0.25, 0.3) is 0 Å². The second-order valence-corrected chi connectivity index (χ2v) is 10.5. The Balaban J connectivity index is 1.98. The van der Waals surface area contributed by atoms with Gasteiger partial charge in [-0.05, 0) is 31.2 Å². The van der Waals surface area contributed by atoms with Crippen molar-refractivity contribution in [3.05, 3.63) is 84.4 Å². The fourth-order valence-electron chi connectivity index (χ4n) is 3.42. The van der Waals surface area contributed by atoms with Gasteiger partial charge in [-0.1, -0.05) is 54.6 Å². The van der Waals surface area contributed by atoms with Crippen molar-refractivity contribution in [2.24, 2.45) is 0 Å². The van der Waals surface area contributed by atoms with Gasteiger partial charge in [-0.25, -0.2) is 0 Å². The minimum Gasteiger partial charge on any atom is -0.455 e. The standard InChI is InChI=1S/C21H17ClO6S/c1-15(21(23)16-9-3-2-4-10-16)29(28-22(24,25)26)19-13-7-5-11-17(19)27-18-12-6-8-14-20(18)29/h2-15H,1H3. The van der Waals surface area contributed by atoms with E-state index >= 15 is 0 Å². The van der Waals surface area contributed by atoms with Crippen LogP contribution in [0.2, 0.25) is 0 Å². The van der Waals surface area contributed by atoms with E-state index in [4.69, 9.17) is 8.47 Å². The minimum absolute atomic E-state index is 0.328. The largest absolute Gasteiger partial charge is 0.455 e. The summed E-state index contributed by atoms with van der Waals surface area (Å²) in [6.45, 7) is 1.59. The molecule has 8 heteroatoms. The second-order valence-electron chi connectivity index (χ2n) is 6.41. The Morgan fingerprint density at radius 2 is 1.34 bits per heavy atom. The van der Waals surface area contributed by atoms with Gasteiger partial charge >= 0.3 is 0 Å². The van der Waals surface area contributed by atoms with E-state index in [2.05, 4.69) is 0 Å². The molecule has 0 aromatic heterocycles. The Morgan fingerprint density at radius 3 is 1.86 bits per heavy atom. The molecule has 0 saturated carbocycles. The lowest BCUT2D eigenvalue weighted by Crippen LogP contribution is -2.61. The molecule has 3 aromatic carbocycles. The molecule has 1 unspecified atom stereocenters. The number of Topliss-reactive ketones (excluding diaryl/α,β-unsaturated/α-hetero) is 1. The highest BCUT2D eigenvalue weighted by molar-refractivity contribution is 8.31. The average Bonchev–Trinajstić information content (AvgIpc) is 2.72. The smallest absolute Gasteiger partial charge is 0.177 e. The average molecular weight is 433 g/mol. The Bertz CT molecular complexity index is 1000. The monoisotopic (exact) mass is 432 g/mol. The molecule has 4 rings (SSSR count). The molecule has 1 atom stereocenters. The quantitative estimate of drug-likeness (QED) is 0.572. The topological polar surface area (TPSA) is 105 Å². The molecular weight excluding hydrogens is 416 g/mol. The number of halogens is 1. The van der Waals surface area contributed by atoms with Crippen LogP contribution in [-0.2, 0) is 3.74 Å². The Morgan fingerprint density at radius 1 is 0.862 bits per heavy atom. The maximum Gasteiger partial charge on any atom is 0.177 e. The SMILES string of the molecule is CC(C(=O)c1ccccc1)S1(O[Cl+3]([O-])([O-])[O-])c2ccccc2Oc2ccccc21. The van der Waals surface area contributed by atoms with Gasteiger partial charge in [-0.15, -0.1) is 0 Å². The van der Waals surface area contributed by atoms with E-state index < -0.39 is 25.8 Å². The van der Waals surface area contributed by atoms with Crippen molar-refractivity contribution in [1.82, 2.24) is 0 Å². The maximum absolute atomic E-state index is 13.4. The molecule has 0 amide bonds. The van der Waals surface area contributed by atoms with Crippen LogP contribution < -0.4 is 18.7 Å². The molecule has 1 heterocycles. The van der Waals surface area contributed by atoms with Gasteiger partial charge in [0.2, 0.25) is 0 Å². The third kappa shape index (κ3) is 3.53. The van der Waals surface area contributed by atoms with Gasteiger partial charge in [-0.2, -0.15) is 14.0 Å². The van der Waals surface area contributed by atoms with Crippen LogP contribution >= 0.6 is 10.3 Å². The molecule has 1 aliphatic rings. The number of ketones is 1. The molecule has 6 nitrogen and oxygen atoms in total. The first-order valence-electron chi connectivity index (χ1n) is 8.72. The molecule has 0 saturated heterocycles. The first kappa shape index (κ1) is 19.9. The van der Waals surface area contributed by atoms with Crippen LogP contribution in [0.5, 0.6) is 11.5 Å². The van der Waals surface area contributed by atoms with Crippen molar-refractivity contribution >= 4 is 16.1 Å². The lowest BCUT2D eigenvalue weighted by molar-refractivity contribution is -1.91. The summed E-state index contributed by atoms with van der Waals surface area (Å²) in [6.07, 6.45) is 0. The summed E-state index contributed by atoms with van der Waals surface area (Å²) < 4.78 is 46.8. The second kappa shape index (κ2) is 7.46. The van der Waals surface area contributed by atoms with Crippen molar-refractivity contribution in [2.45, 2.75) is 22.0 Å². The van der Waals surface area contributed by atoms with Gasteiger partial charge in [0.05, 0.1) is 35.6 Å². The van der Waals surface area contributed by atoms with E-state index in [1.807, 2.05) is 0 Å². The lowest BCUT2D eigenvalue weighted by Gasteiger charge is -2.41. The first-order chi connectivity index (χ1) is 13.8. The van der Waals surface area contributed by atoms with Crippen molar-refractivity contribution in [3.8, 4) is 11.5 Å². The number of rotatable bonds is 5. The third-order valence-corrected chi connectivity index (χ3v) is 9.28. The Labute approximate surface area is 171 Å². The lowest BCUT2D eigenvalue weighted by atomic mass is 10.1. The van der Waals surface area contributed by atoms with Crippen molar-refractivity contribution in [1.29, 1.82) is 0 Å². The molecular formula is C21H17ClO6S. The van der Waals surface area contributed by atoms with Crippen LogP contribution in [0.15, 0.2) is 88.7 Å². The predicted molar refractivity (Wildman–Crippen MR) is 98.4 cm³/mol. The van der Waals surface area contributed by atoms with Gasteiger partial charge in [0.15, 0.2) is 5.78 Å². The molecule has 0 aliphatic carbocycles. The van der Waals surface area contributed by atoms with Gasteiger partial charge < -0.3 is 4.74 Å². The van der Waals surface area contributed by atoms with Gasteiger partial charge in [0, 0.05) is 5.56 Å². The van der Waals surface area contributed by atoms with Gasteiger partial charge in [0.25, 0.3) is 0 Å². The minimum atomic E-state index is -4.83. The molecule has 3 aromatic rings.